The summed E-state index contributed by atoms with van der Waals surface area (Å²) in [5, 5.41) is 12.0. The van der Waals surface area contributed by atoms with E-state index in [0.29, 0.717) is 22.3 Å². The van der Waals surface area contributed by atoms with Gasteiger partial charge >= 0.3 is 0 Å². The Kier molecular flexibility index (Phi) is 5.44. The molecule has 152 valence electrons. The molecule has 8 heteroatoms. The second-order valence-electron chi connectivity index (χ2n) is 6.95. The number of nitro benzene ring substituents is 1. The molecule has 0 saturated carbocycles. The van der Waals surface area contributed by atoms with Crippen LogP contribution in [-0.2, 0) is 11.3 Å². The molecule has 1 amide bonds. The first kappa shape index (κ1) is 20.3. The summed E-state index contributed by atoms with van der Waals surface area (Å²) in [6.07, 6.45) is 1.93. The number of thioether (sulfide) groups is 1. The molecule has 1 aliphatic rings. The molecule has 0 radical (unpaired) electrons. The Balaban J connectivity index is 1.77. The molecule has 1 aliphatic heterocycles. The zero-order valence-corrected chi connectivity index (χ0v) is 18.1. The maximum absolute atomic E-state index is 12.7. The number of carbonyl (C=O) groups is 1. The highest BCUT2D eigenvalue weighted by Gasteiger charge is 2.31. The molecule has 3 aromatic rings. The molecule has 30 heavy (non-hydrogen) atoms. The SMILES string of the molecule is CCN1C(=O)/C(=C/c2c(C)n(Cc3ccc([N+](=O)[O-])cc3)c3ccccc23)SC1=S. The Morgan fingerprint density at radius 1 is 1.17 bits per heavy atom. The molecular weight excluding hydrogens is 418 g/mol. The van der Waals surface area contributed by atoms with Crippen molar-refractivity contribution in [3.63, 3.8) is 0 Å². The second kappa shape index (κ2) is 8.04. The van der Waals surface area contributed by atoms with Gasteiger partial charge in [-0.1, -0.05) is 54.3 Å². The minimum absolute atomic E-state index is 0.0564. The van der Waals surface area contributed by atoms with Crippen LogP contribution < -0.4 is 0 Å². The molecule has 0 atom stereocenters. The third-order valence-corrected chi connectivity index (χ3v) is 6.61. The van der Waals surface area contributed by atoms with Gasteiger partial charge in [-0.25, -0.2) is 0 Å². The van der Waals surface area contributed by atoms with Crippen LogP contribution in [0.15, 0.2) is 53.4 Å². The lowest BCUT2D eigenvalue weighted by molar-refractivity contribution is -0.384. The number of nitrogens with zero attached hydrogens (tertiary/aromatic N) is 3. The molecule has 4 rings (SSSR count). The largest absolute Gasteiger partial charge is 0.340 e. The van der Waals surface area contributed by atoms with Crippen molar-refractivity contribution in [1.29, 1.82) is 0 Å². The van der Waals surface area contributed by atoms with E-state index in [1.165, 1.54) is 23.9 Å². The quantitative estimate of drug-likeness (QED) is 0.240. The number of fused-ring (bicyclic) bond motifs is 1. The Labute approximate surface area is 183 Å². The number of amides is 1. The molecule has 1 fully saturated rings. The van der Waals surface area contributed by atoms with Crippen molar-refractivity contribution < 1.29 is 9.72 Å². The average Bonchev–Trinajstić information content (AvgIpc) is 3.16. The summed E-state index contributed by atoms with van der Waals surface area (Å²) in [6, 6.07) is 14.6. The third-order valence-electron chi connectivity index (χ3n) is 5.23. The van der Waals surface area contributed by atoms with Crippen LogP contribution in [0.2, 0.25) is 0 Å². The number of carbonyl (C=O) groups excluding carboxylic acids is 1. The van der Waals surface area contributed by atoms with Gasteiger partial charge in [0.2, 0.25) is 0 Å². The normalized spacial score (nSPS) is 15.5. The predicted molar refractivity (Wildman–Crippen MR) is 124 cm³/mol. The number of likely N-dealkylation sites (N-methyl/N-ethyl adjacent to an activating group) is 1. The van der Waals surface area contributed by atoms with E-state index in [4.69, 9.17) is 12.2 Å². The lowest BCUT2D eigenvalue weighted by Crippen LogP contribution is -2.27. The number of nitro groups is 1. The van der Waals surface area contributed by atoms with E-state index in [9.17, 15) is 14.9 Å². The van der Waals surface area contributed by atoms with E-state index in [1.54, 1.807) is 17.0 Å². The average molecular weight is 438 g/mol. The van der Waals surface area contributed by atoms with Gasteiger partial charge in [0.25, 0.3) is 11.6 Å². The van der Waals surface area contributed by atoms with Gasteiger partial charge < -0.3 is 4.57 Å². The van der Waals surface area contributed by atoms with Crippen molar-refractivity contribution in [2.75, 3.05) is 6.54 Å². The van der Waals surface area contributed by atoms with Crippen LogP contribution in [-0.4, -0.2) is 31.2 Å². The van der Waals surface area contributed by atoms with Gasteiger partial charge in [0.1, 0.15) is 4.32 Å². The number of hydrogen-bond acceptors (Lipinski definition) is 5. The van der Waals surface area contributed by atoms with Gasteiger partial charge in [0.15, 0.2) is 0 Å². The summed E-state index contributed by atoms with van der Waals surface area (Å²) in [6.45, 7) is 5.07. The van der Waals surface area contributed by atoms with Gasteiger partial charge in [-0.3, -0.25) is 19.8 Å². The van der Waals surface area contributed by atoms with Crippen molar-refractivity contribution in [1.82, 2.24) is 9.47 Å². The lowest BCUT2D eigenvalue weighted by atomic mass is 10.1. The van der Waals surface area contributed by atoms with Gasteiger partial charge in [0, 0.05) is 47.4 Å². The van der Waals surface area contributed by atoms with Crippen LogP contribution in [0.4, 0.5) is 5.69 Å². The van der Waals surface area contributed by atoms with Gasteiger partial charge in [-0.15, -0.1) is 0 Å². The molecule has 6 nitrogen and oxygen atoms in total. The van der Waals surface area contributed by atoms with Crippen LogP contribution in [0.3, 0.4) is 0 Å². The third kappa shape index (κ3) is 3.53. The number of thiocarbonyl (C=S) groups is 1. The molecule has 0 aliphatic carbocycles. The molecule has 2 aromatic carbocycles. The highest BCUT2D eigenvalue weighted by atomic mass is 32.2. The Morgan fingerprint density at radius 3 is 2.50 bits per heavy atom. The standard InChI is InChI=1S/C22H19N3O3S2/c1-3-23-21(26)20(30-22(23)29)12-18-14(2)24(19-7-5-4-6-17(18)19)13-15-8-10-16(11-9-15)25(27)28/h4-12H,3,13H2,1-2H3/b20-12-. The number of benzene rings is 2. The van der Waals surface area contributed by atoms with Crippen molar-refractivity contribution >= 4 is 56.9 Å². The first-order valence-electron chi connectivity index (χ1n) is 9.47. The van der Waals surface area contributed by atoms with E-state index in [-0.39, 0.29) is 11.6 Å². The first-order chi connectivity index (χ1) is 14.4. The number of hydrogen-bond donors (Lipinski definition) is 0. The highest BCUT2D eigenvalue weighted by Crippen LogP contribution is 2.35. The zero-order valence-electron chi connectivity index (χ0n) is 16.5. The minimum Gasteiger partial charge on any atom is -0.340 e. The zero-order chi connectivity index (χ0) is 21.4. The van der Waals surface area contributed by atoms with E-state index in [2.05, 4.69) is 4.57 Å². The van der Waals surface area contributed by atoms with Crippen molar-refractivity contribution in [3.05, 3.63) is 80.4 Å². The number of rotatable bonds is 5. The first-order valence-corrected chi connectivity index (χ1v) is 10.7. The summed E-state index contributed by atoms with van der Waals surface area (Å²) >= 11 is 6.67. The van der Waals surface area contributed by atoms with Crippen LogP contribution in [0.1, 0.15) is 23.7 Å². The molecule has 0 N–H and O–H groups in total. The van der Waals surface area contributed by atoms with E-state index < -0.39 is 4.92 Å². The maximum Gasteiger partial charge on any atom is 0.269 e. The molecule has 0 bridgehead atoms. The predicted octanol–water partition coefficient (Wildman–Crippen LogP) is 5.13. The fourth-order valence-electron chi connectivity index (χ4n) is 3.65. The van der Waals surface area contributed by atoms with Crippen LogP contribution >= 0.6 is 24.0 Å². The smallest absolute Gasteiger partial charge is 0.269 e. The number of non-ortho nitro benzene ring substituents is 1. The lowest BCUT2D eigenvalue weighted by Gasteiger charge is -2.09. The minimum atomic E-state index is -0.398. The van der Waals surface area contributed by atoms with Crippen molar-refractivity contribution in [2.45, 2.75) is 20.4 Å². The highest BCUT2D eigenvalue weighted by molar-refractivity contribution is 8.26. The number of aromatic nitrogens is 1. The maximum atomic E-state index is 12.7. The summed E-state index contributed by atoms with van der Waals surface area (Å²) in [5.74, 6) is -0.0564. The topological polar surface area (TPSA) is 68.4 Å². The van der Waals surface area contributed by atoms with Crippen LogP contribution in [0, 0.1) is 17.0 Å². The molecular formula is C22H19N3O3S2. The Morgan fingerprint density at radius 2 is 1.87 bits per heavy atom. The van der Waals surface area contributed by atoms with Gasteiger partial charge in [-0.05, 0) is 31.6 Å². The van der Waals surface area contributed by atoms with E-state index in [1.807, 2.05) is 44.2 Å². The van der Waals surface area contributed by atoms with Crippen molar-refractivity contribution in [2.24, 2.45) is 0 Å². The number of para-hydroxylation sites is 1. The fourth-order valence-corrected chi connectivity index (χ4v) is 5.02. The monoisotopic (exact) mass is 437 g/mol. The fraction of sp³-hybridized carbons (Fsp3) is 0.182. The van der Waals surface area contributed by atoms with Gasteiger partial charge in [-0.2, -0.15) is 0 Å². The molecule has 1 aromatic heterocycles. The molecule has 0 spiro atoms. The van der Waals surface area contributed by atoms with Crippen LogP contribution in [0.5, 0.6) is 0 Å². The molecule has 0 unspecified atom stereocenters. The summed E-state index contributed by atoms with van der Waals surface area (Å²) in [4.78, 5) is 25.4. The second-order valence-corrected chi connectivity index (χ2v) is 8.63. The van der Waals surface area contributed by atoms with E-state index in [0.717, 1.165) is 27.7 Å². The van der Waals surface area contributed by atoms with Crippen LogP contribution in [0.25, 0.3) is 17.0 Å². The van der Waals surface area contributed by atoms with Gasteiger partial charge in [0.05, 0.1) is 9.83 Å². The Bertz CT molecular complexity index is 1210. The Hall–Kier alpha value is -2.97. The van der Waals surface area contributed by atoms with E-state index >= 15 is 0 Å². The summed E-state index contributed by atoms with van der Waals surface area (Å²) in [7, 11) is 0. The van der Waals surface area contributed by atoms with Crippen molar-refractivity contribution in [3.8, 4) is 0 Å². The summed E-state index contributed by atoms with van der Waals surface area (Å²) < 4.78 is 2.75. The summed E-state index contributed by atoms with van der Waals surface area (Å²) in [5.41, 5.74) is 4.10. The molecule has 1 saturated heterocycles. The molecule has 2 heterocycles.